The van der Waals surface area contributed by atoms with Crippen LogP contribution in [0.1, 0.15) is 58.1 Å². The van der Waals surface area contributed by atoms with Gasteiger partial charge in [0.05, 0.1) is 6.20 Å². The van der Waals surface area contributed by atoms with Crippen molar-refractivity contribution in [2.45, 2.75) is 58.9 Å². The maximum Gasteiger partial charge on any atom is 0.333 e. The van der Waals surface area contributed by atoms with Gasteiger partial charge in [0.15, 0.2) is 0 Å². The fraction of sp³-hybridized carbons (Fsp3) is 0.550. The van der Waals surface area contributed by atoms with Crippen LogP contribution in [0.25, 0.3) is 11.1 Å². The summed E-state index contributed by atoms with van der Waals surface area (Å²) in [6.07, 6.45) is 10.6. The number of anilines is 1. The molecule has 0 saturated heterocycles. The zero-order valence-corrected chi connectivity index (χ0v) is 15.5. The second-order valence-electron chi connectivity index (χ2n) is 6.56. The lowest BCUT2D eigenvalue weighted by molar-refractivity contribution is 0.0566. The minimum absolute atomic E-state index is 0.681. The molecule has 1 aliphatic rings. The number of aryl methyl sites for hydroxylation is 1. The van der Waals surface area contributed by atoms with E-state index < -0.39 is 6.55 Å². The number of nitrogens with zero attached hydrogens (tertiary/aromatic N) is 3. The van der Waals surface area contributed by atoms with Crippen molar-refractivity contribution in [3.8, 4) is 11.1 Å². The maximum absolute atomic E-state index is 12.5. The van der Waals surface area contributed by atoms with Crippen LogP contribution in [0.2, 0.25) is 0 Å². The van der Waals surface area contributed by atoms with E-state index in [-0.39, 0.29) is 0 Å². The molecule has 0 spiro atoms. The lowest BCUT2D eigenvalue weighted by Crippen LogP contribution is -2.24. The number of hydrogen-bond donors (Lipinski definition) is 0. The Kier molecular flexibility index (Phi) is 7.41. The van der Waals surface area contributed by atoms with Crippen LogP contribution in [0.5, 0.6) is 0 Å². The van der Waals surface area contributed by atoms with Gasteiger partial charge in [-0.1, -0.05) is 45.6 Å². The third kappa shape index (κ3) is 5.28. The number of fused-ring (bicyclic) bond motifs is 1. The van der Waals surface area contributed by atoms with Crippen molar-refractivity contribution in [3.05, 3.63) is 36.2 Å². The number of benzene rings is 1. The zero-order chi connectivity index (χ0) is 18.2. The Morgan fingerprint density at radius 3 is 2.44 bits per heavy atom. The topological polar surface area (TPSA) is 21.1 Å². The molecule has 0 bridgehead atoms. The SMILES string of the molecule is CCCCCC.CN1CCCc2cc(-c3cnn(C(F)F)c3)ccc21. The van der Waals surface area contributed by atoms with Gasteiger partial charge >= 0.3 is 6.55 Å². The lowest BCUT2D eigenvalue weighted by Gasteiger charge is -2.27. The van der Waals surface area contributed by atoms with Crippen LogP contribution in [0.3, 0.4) is 0 Å². The van der Waals surface area contributed by atoms with Crippen molar-refractivity contribution in [2.24, 2.45) is 0 Å². The van der Waals surface area contributed by atoms with Crippen molar-refractivity contribution < 1.29 is 8.78 Å². The normalized spacial score (nSPS) is 13.4. The largest absolute Gasteiger partial charge is 0.374 e. The molecule has 3 nitrogen and oxygen atoms in total. The highest BCUT2D eigenvalue weighted by Gasteiger charge is 2.15. The first kappa shape index (κ1) is 19.4. The lowest BCUT2D eigenvalue weighted by atomic mass is 9.98. The molecule has 138 valence electrons. The molecule has 1 aromatic carbocycles. The van der Waals surface area contributed by atoms with Gasteiger partial charge in [0.25, 0.3) is 0 Å². The fourth-order valence-electron chi connectivity index (χ4n) is 3.06. The van der Waals surface area contributed by atoms with Gasteiger partial charge in [0, 0.05) is 31.0 Å². The minimum atomic E-state index is -2.59. The Bertz CT molecular complexity index is 648. The second kappa shape index (κ2) is 9.54. The average molecular weight is 349 g/mol. The molecule has 0 atom stereocenters. The molecule has 0 saturated carbocycles. The molecule has 2 aromatic rings. The molecule has 0 radical (unpaired) electrons. The second-order valence-corrected chi connectivity index (χ2v) is 6.56. The summed E-state index contributed by atoms with van der Waals surface area (Å²) in [6, 6.07) is 6.11. The summed E-state index contributed by atoms with van der Waals surface area (Å²) in [5.41, 5.74) is 4.18. The Balaban J connectivity index is 0.000000326. The third-order valence-electron chi connectivity index (χ3n) is 4.52. The van der Waals surface area contributed by atoms with Gasteiger partial charge < -0.3 is 4.90 Å². The summed E-state index contributed by atoms with van der Waals surface area (Å²) in [4.78, 5) is 2.23. The minimum Gasteiger partial charge on any atom is -0.374 e. The quantitative estimate of drug-likeness (QED) is 0.625. The first-order chi connectivity index (χ1) is 12.1. The molecule has 0 unspecified atom stereocenters. The molecule has 0 fully saturated rings. The predicted molar refractivity (Wildman–Crippen MR) is 100 cm³/mol. The Morgan fingerprint density at radius 1 is 1.12 bits per heavy atom. The molecule has 1 aromatic heterocycles. The van der Waals surface area contributed by atoms with Gasteiger partial charge in [-0.25, -0.2) is 4.68 Å². The third-order valence-corrected chi connectivity index (χ3v) is 4.52. The standard InChI is InChI=1S/C14H15F2N3.C6H14/c1-18-6-2-3-11-7-10(4-5-13(11)18)12-8-17-19(9-12)14(15)16;1-3-5-6-4-2/h4-5,7-9,14H,2-3,6H2,1H3;3-6H2,1-2H3. The van der Waals surface area contributed by atoms with Gasteiger partial charge in [-0.15, -0.1) is 0 Å². The van der Waals surface area contributed by atoms with Gasteiger partial charge in [0.2, 0.25) is 0 Å². The van der Waals surface area contributed by atoms with Crippen LogP contribution in [-0.4, -0.2) is 23.4 Å². The van der Waals surface area contributed by atoms with Crippen molar-refractivity contribution in [1.82, 2.24) is 9.78 Å². The van der Waals surface area contributed by atoms with E-state index in [0.717, 1.165) is 30.5 Å². The molecule has 0 aliphatic carbocycles. The van der Waals surface area contributed by atoms with Crippen molar-refractivity contribution >= 4 is 5.69 Å². The van der Waals surface area contributed by atoms with E-state index in [0.29, 0.717) is 4.68 Å². The van der Waals surface area contributed by atoms with Crippen LogP contribution in [0, 0.1) is 0 Å². The zero-order valence-electron chi connectivity index (χ0n) is 15.5. The summed E-state index contributed by atoms with van der Waals surface area (Å²) in [6.45, 7) is 2.94. The molecule has 25 heavy (non-hydrogen) atoms. The highest BCUT2D eigenvalue weighted by Crippen LogP contribution is 2.31. The molecular weight excluding hydrogens is 320 g/mol. The molecule has 0 N–H and O–H groups in total. The van der Waals surface area contributed by atoms with Crippen LogP contribution >= 0.6 is 0 Å². The average Bonchev–Trinajstić information content (AvgIpc) is 3.11. The number of alkyl halides is 2. The van der Waals surface area contributed by atoms with E-state index in [2.05, 4.69) is 43.0 Å². The van der Waals surface area contributed by atoms with Gasteiger partial charge in [0.1, 0.15) is 0 Å². The van der Waals surface area contributed by atoms with Gasteiger partial charge in [-0.2, -0.15) is 13.9 Å². The molecule has 2 heterocycles. The van der Waals surface area contributed by atoms with E-state index in [1.807, 2.05) is 6.07 Å². The maximum atomic E-state index is 12.5. The number of hydrogen-bond acceptors (Lipinski definition) is 2. The van der Waals surface area contributed by atoms with Gasteiger partial charge in [-0.05, 0) is 36.1 Å². The molecule has 3 rings (SSSR count). The smallest absolute Gasteiger partial charge is 0.333 e. The molecule has 5 heteroatoms. The summed E-state index contributed by atoms with van der Waals surface area (Å²) < 4.78 is 25.7. The van der Waals surface area contributed by atoms with E-state index in [4.69, 9.17) is 0 Å². The number of unbranched alkanes of at least 4 members (excludes halogenated alkanes) is 3. The van der Waals surface area contributed by atoms with Crippen molar-refractivity contribution in [1.29, 1.82) is 0 Å². The number of rotatable bonds is 5. The summed E-state index contributed by atoms with van der Waals surface area (Å²) in [5.74, 6) is 0. The highest BCUT2D eigenvalue weighted by molar-refractivity contribution is 5.68. The Labute approximate surface area is 149 Å². The van der Waals surface area contributed by atoms with E-state index in [9.17, 15) is 8.78 Å². The number of halogens is 2. The Morgan fingerprint density at radius 2 is 1.84 bits per heavy atom. The highest BCUT2D eigenvalue weighted by atomic mass is 19.3. The first-order valence-electron chi connectivity index (χ1n) is 9.23. The van der Waals surface area contributed by atoms with Gasteiger partial charge in [-0.3, -0.25) is 0 Å². The van der Waals surface area contributed by atoms with Crippen LogP contribution in [0.15, 0.2) is 30.6 Å². The van der Waals surface area contributed by atoms with Crippen LogP contribution < -0.4 is 4.90 Å². The predicted octanol–water partition coefficient (Wildman–Crippen LogP) is 5.91. The van der Waals surface area contributed by atoms with Crippen molar-refractivity contribution in [3.63, 3.8) is 0 Å². The van der Waals surface area contributed by atoms with Crippen LogP contribution in [0.4, 0.5) is 14.5 Å². The Hall–Kier alpha value is -1.91. The molecule has 0 amide bonds. The fourth-order valence-corrected chi connectivity index (χ4v) is 3.06. The van der Waals surface area contributed by atoms with Crippen molar-refractivity contribution in [2.75, 3.05) is 18.5 Å². The summed E-state index contributed by atoms with van der Waals surface area (Å²) in [5, 5.41) is 3.68. The molecule has 1 aliphatic heterocycles. The van der Waals surface area contributed by atoms with E-state index >= 15 is 0 Å². The van der Waals surface area contributed by atoms with E-state index in [1.54, 1.807) is 0 Å². The number of aromatic nitrogens is 2. The monoisotopic (exact) mass is 349 g/mol. The summed E-state index contributed by atoms with van der Waals surface area (Å²) >= 11 is 0. The first-order valence-corrected chi connectivity index (χ1v) is 9.23. The molecular formula is C20H29F2N3. The van der Waals surface area contributed by atoms with Crippen LogP contribution in [-0.2, 0) is 6.42 Å². The van der Waals surface area contributed by atoms with E-state index in [1.165, 1.54) is 49.3 Å². The summed E-state index contributed by atoms with van der Waals surface area (Å²) in [7, 11) is 2.08.